The van der Waals surface area contributed by atoms with Crippen molar-refractivity contribution in [2.75, 3.05) is 0 Å². The number of halogens is 1. The maximum atomic E-state index is 7.50. The van der Waals surface area contributed by atoms with Gasteiger partial charge in [-0.1, -0.05) is 23.7 Å². The van der Waals surface area contributed by atoms with Gasteiger partial charge in [0.05, 0.1) is 0 Å². The minimum absolute atomic E-state index is 0. The van der Waals surface area contributed by atoms with E-state index in [1.54, 1.807) is 24.3 Å². The summed E-state index contributed by atoms with van der Waals surface area (Å²) in [6.07, 6.45) is 10.0. The second-order valence-corrected chi connectivity index (χ2v) is 3.32. The maximum absolute atomic E-state index is 7.50. The van der Waals surface area contributed by atoms with E-state index >= 15 is 0 Å². The van der Waals surface area contributed by atoms with Crippen molar-refractivity contribution in [3.8, 4) is 0 Å². The Morgan fingerprint density at radius 2 is 1.56 bits per heavy atom. The molecule has 1 aromatic rings. The maximum Gasteiger partial charge on any atom is 2.00 e. The quantitative estimate of drug-likeness (QED) is 0.313. The first-order valence-corrected chi connectivity index (χ1v) is 5.08. The molecule has 94 valence electrons. The van der Waals surface area contributed by atoms with Gasteiger partial charge in [0, 0.05) is 5.02 Å². The van der Waals surface area contributed by atoms with Crippen LogP contribution in [0.1, 0.15) is 0 Å². The summed E-state index contributed by atoms with van der Waals surface area (Å²) < 4.78 is 15.0. The van der Waals surface area contributed by atoms with Gasteiger partial charge in [0.1, 0.15) is 0 Å². The van der Waals surface area contributed by atoms with E-state index in [-0.39, 0.29) is 17.1 Å². The van der Waals surface area contributed by atoms with Gasteiger partial charge in [0.15, 0.2) is 0 Å². The molecule has 5 heteroatoms. The van der Waals surface area contributed by atoms with Crippen LogP contribution >= 0.6 is 11.6 Å². The van der Waals surface area contributed by atoms with Gasteiger partial charge in [0.25, 0.3) is 0 Å². The standard InChI is InChI=1S/C6H5ClS.C5H5.2CO.Fe/c7-5-1-3-6(8)4-2-5;1-2-4-5-3-1;2*1-2;/h1-4,8H;1-5H;;;/q;-1;;;+2/p-1. The molecule has 0 saturated heterocycles. The second kappa shape index (κ2) is 18.7. The molecule has 0 N–H and O–H groups in total. The molecule has 2 radical (unpaired) electrons. The van der Waals surface area contributed by atoms with Crippen LogP contribution in [-0.4, -0.2) is 0 Å². The number of hydrogen-bond donors (Lipinski definition) is 0. The number of benzene rings is 1. The Hall–Kier alpha value is -0.661. The third-order valence-electron chi connectivity index (χ3n) is 1.37. The molecule has 0 heterocycles. The van der Waals surface area contributed by atoms with Crippen LogP contribution in [0.2, 0.25) is 5.02 Å². The Balaban J connectivity index is -0.000000196. The van der Waals surface area contributed by atoms with Gasteiger partial charge in [-0.2, -0.15) is 4.90 Å². The molecule has 18 heavy (non-hydrogen) atoms. The van der Waals surface area contributed by atoms with Gasteiger partial charge in [-0.05, 0) is 12.1 Å². The Kier molecular flexibility index (Phi) is 23.4. The van der Waals surface area contributed by atoms with E-state index in [2.05, 4.69) is 13.3 Å². The van der Waals surface area contributed by atoms with E-state index in [0.717, 1.165) is 9.92 Å². The molecule has 0 spiro atoms. The van der Waals surface area contributed by atoms with E-state index in [1.807, 2.05) is 31.4 Å². The molecule has 0 bridgehead atoms. The van der Waals surface area contributed by atoms with Crippen LogP contribution in [0.3, 0.4) is 0 Å². The van der Waals surface area contributed by atoms with Crippen molar-refractivity contribution in [3.63, 3.8) is 0 Å². The molecule has 0 unspecified atom stereocenters. The Morgan fingerprint density at radius 1 is 1.06 bits per heavy atom. The zero-order valence-electron chi connectivity index (χ0n) is 9.15. The predicted molar refractivity (Wildman–Crippen MR) is 67.0 cm³/mol. The summed E-state index contributed by atoms with van der Waals surface area (Å²) in [5.41, 5.74) is 0. The average Bonchev–Trinajstić information content (AvgIpc) is 2.97. The molecule has 0 amide bonds. The van der Waals surface area contributed by atoms with Crippen LogP contribution in [0.25, 0.3) is 0 Å². The molecule has 1 aromatic carbocycles. The van der Waals surface area contributed by atoms with Crippen molar-refractivity contribution in [1.29, 1.82) is 0 Å². The molecule has 0 aliphatic heterocycles. The summed E-state index contributed by atoms with van der Waals surface area (Å²) in [6.45, 7) is 9.00. The van der Waals surface area contributed by atoms with Crippen LogP contribution < -0.4 is 0 Å². The van der Waals surface area contributed by atoms with Crippen molar-refractivity contribution in [2.45, 2.75) is 4.90 Å². The summed E-state index contributed by atoms with van der Waals surface area (Å²) in [7, 11) is 0. The van der Waals surface area contributed by atoms with Gasteiger partial charge in [0.2, 0.25) is 0 Å². The Bertz CT molecular complexity index is 314. The third kappa shape index (κ3) is 15.3. The fraction of sp³-hybridized carbons (Fsp3) is 0. The number of hydrogen-bond acceptors (Lipinski definition) is 1. The van der Waals surface area contributed by atoms with E-state index in [0.29, 0.717) is 0 Å². The zero-order chi connectivity index (χ0) is 13.5. The number of rotatable bonds is 0. The van der Waals surface area contributed by atoms with Crippen LogP contribution in [0.4, 0.5) is 0 Å². The number of allylic oxidation sites excluding steroid dienone is 2. The van der Waals surface area contributed by atoms with Crippen molar-refractivity contribution >= 4 is 24.2 Å². The fourth-order valence-electron chi connectivity index (χ4n) is 0.755. The molecule has 2 rings (SSSR count). The predicted octanol–water partition coefficient (Wildman–Crippen LogP) is 3.34. The summed E-state index contributed by atoms with van der Waals surface area (Å²) in [5.74, 6) is 0. The third-order valence-corrected chi connectivity index (χ3v) is 1.89. The molecule has 2 nitrogen and oxygen atoms in total. The van der Waals surface area contributed by atoms with Crippen LogP contribution in [0.5, 0.6) is 0 Å². The molecule has 0 fully saturated rings. The summed E-state index contributed by atoms with van der Waals surface area (Å²) in [6, 6.07) is 7.17. The Labute approximate surface area is 129 Å². The molecular formula is C13H9ClFeO2S. The second-order valence-electron chi connectivity index (χ2n) is 2.42. The van der Waals surface area contributed by atoms with Crippen molar-refractivity contribution in [2.24, 2.45) is 0 Å². The first kappa shape index (κ1) is 22.5. The van der Waals surface area contributed by atoms with E-state index < -0.39 is 0 Å². The van der Waals surface area contributed by atoms with Crippen molar-refractivity contribution < 1.29 is 26.4 Å². The topological polar surface area (TPSA) is 39.8 Å². The minimum Gasteiger partial charge on any atom is -0.780 e. The smallest absolute Gasteiger partial charge is 0.780 e. The van der Waals surface area contributed by atoms with Gasteiger partial charge < -0.3 is 12.6 Å². The molecule has 1 aliphatic carbocycles. The van der Waals surface area contributed by atoms with E-state index in [1.165, 1.54) is 0 Å². The first-order valence-electron chi connectivity index (χ1n) is 4.29. The van der Waals surface area contributed by atoms with E-state index in [9.17, 15) is 0 Å². The summed E-state index contributed by atoms with van der Waals surface area (Å²) in [4.78, 5) is 0.828. The fourth-order valence-corrected chi connectivity index (χ4v) is 1.02. The zero-order valence-corrected chi connectivity index (χ0v) is 11.8. The van der Waals surface area contributed by atoms with Crippen molar-refractivity contribution in [3.05, 3.63) is 74.0 Å². The average molecular weight is 321 g/mol. The van der Waals surface area contributed by atoms with Gasteiger partial charge in [-0.25, -0.2) is 18.6 Å². The normalized spacial score (nSPS) is 9.61. The summed E-state index contributed by atoms with van der Waals surface area (Å²) in [5, 5.41) is 0.735. The molecule has 0 atom stereocenters. The van der Waals surface area contributed by atoms with E-state index in [4.69, 9.17) is 33.5 Å². The molecule has 1 aliphatic rings. The van der Waals surface area contributed by atoms with Crippen LogP contribution in [-0.2, 0) is 39.0 Å². The van der Waals surface area contributed by atoms with Crippen molar-refractivity contribution in [1.82, 2.24) is 0 Å². The first-order chi connectivity index (χ1) is 8.29. The molecule has 0 aromatic heterocycles. The van der Waals surface area contributed by atoms with Gasteiger partial charge in [-0.15, -0.1) is 12.8 Å². The molecule has 0 saturated carbocycles. The summed E-state index contributed by atoms with van der Waals surface area (Å²) >= 11 is 10.4. The molecular weight excluding hydrogens is 312 g/mol. The minimum atomic E-state index is 0. The van der Waals surface area contributed by atoms with Crippen LogP contribution in [0, 0.1) is 32.6 Å². The van der Waals surface area contributed by atoms with Gasteiger partial charge in [-0.3, -0.25) is 0 Å². The van der Waals surface area contributed by atoms with Gasteiger partial charge >= 0.3 is 39.7 Å². The largest absolute Gasteiger partial charge is 2.00 e. The Morgan fingerprint density at radius 3 is 1.78 bits per heavy atom. The monoisotopic (exact) mass is 320 g/mol. The van der Waals surface area contributed by atoms with Crippen LogP contribution in [0.15, 0.2) is 41.3 Å². The SMILES string of the molecule is [C-]#[O+].[C-]#[O+].[CH]1[CH][CH-]C=C1.[Fe+2].[S-]c1ccc(Cl)cc1.